The summed E-state index contributed by atoms with van der Waals surface area (Å²) >= 11 is 0. The summed E-state index contributed by atoms with van der Waals surface area (Å²) in [5, 5.41) is 10.9. The number of hydrogen-bond acceptors (Lipinski definition) is 5. The Morgan fingerprint density at radius 3 is 2.55 bits per heavy atom. The second kappa shape index (κ2) is 6.13. The Morgan fingerprint density at radius 2 is 1.90 bits per heavy atom. The molecule has 0 fully saturated rings. The first-order chi connectivity index (χ1) is 9.49. The van der Waals surface area contributed by atoms with E-state index in [-0.39, 0.29) is 16.8 Å². The first kappa shape index (κ1) is 14.6. The monoisotopic (exact) mass is 294 g/mol. The molecule has 0 radical (unpaired) electrons. The fraction of sp³-hybridized carbons (Fsp3) is 0.462. The van der Waals surface area contributed by atoms with Gasteiger partial charge in [0.25, 0.3) is 5.16 Å². The average Bonchev–Trinajstić information content (AvgIpc) is 2.86. The lowest BCUT2D eigenvalue weighted by Crippen LogP contribution is -2.18. The van der Waals surface area contributed by atoms with E-state index in [4.69, 9.17) is 0 Å². The average molecular weight is 294 g/mol. The fourth-order valence-corrected chi connectivity index (χ4v) is 3.15. The maximum Gasteiger partial charge on any atom is 0.267 e. The predicted molar refractivity (Wildman–Crippen MR) is 74.9 cm³/mol. The molecular weight excluding hydrogens is 276 g/mol. The van der Waals surface area contributed by atoms with Crippen molar-refractivity contribution in [3.8, 4) is 0 Å². The molecular formula is C13H18N4O2S. The van der Waals surface area contributed by atoms with Gasteiger partial charge < -0.3 is 0 Å². The molecule has 1 aromatic heterocycles. The first-order valence-corrected chi connectivity index (χ1v) is 8.17. The van der Waals surface area contributed by atoms with E-state index < -0.39 is 9.84 Å². The van der Waals surface area contributed by atoms with Crippen LogP contribution in [0.5, 0.6) is 0 Å². The highest BCUT2D eigenvalue weighted by Crippen LogP contribution is 2.11. The molecule has 0 saturated carbocycles. The number of aromatic nitrogens is 4. The van der Waals surface area contributed by atoms with E-state index in [0.29, 0.717) is 13.0 Å². The van der Waals surface area contributed by atoms with Crippen molar-refractivity contribution >= 4 is 9.84 Å². The third-order valence-corrected chi connectivity index (χ3v) is 4.41. The van der Waals surface area contributed by atoms with Gasteiger partial charge in [0.15, 0.2) is 0 Å². The number of hydrogen-bond donors (Lipinski definition) is 0. The summed E-state index contributed by atoms with van der Waals surface area (Å²) in [6.07, 6.45) is 0.456. The lowest BCUT2D eigenvalue weighted by atomic mass is 10.2. The minimum absolute atomic E-state index is 0.00941. The van der Waals surface area contributed by atoms with Crippen molar-refractivity contribution in [3.05, 3.63) is 35.9 Å². The van der Waals surface area contributed by atoms with Gasteiger partial charge >= 0.3 is 0 Å². The van der Waals surface area contributed by atoms with Gasteiger partial charge in [-0.1, -0.05) is 49.3 Å². The van der Waals surface area contributed by atoms with Crippen LogP contribution >= 0.6 is 0 Å². The summed E-state index contributed by atoms with van der Waals surface area (Å²) in [6.45, 7) is 4.47. The molecule has 2 rings (SSSR count). The summed E-state index contributed by atoms with van der Waals surface area (Å²) in [7, 11) is -3.46. The first-order valence-electron chi connectivity index (χ1n) is 6.52. The van der Waals surface area contributed by atoms with E-state index in [9.17, 15) is 8.42 Å². The van der Waals surface area contributed by atoms with Crippen LogP contribution in [0.2, 0.25) is 0 Å². The molecule has 2 aromatic rings. The Bertz CT molecular complexity index is 650. The van der Waals surface area contributed by atoms with Crippen LogP contribution in [-0.2, 0) is 22.8 Å². The van der Waals surface area contributed by atoms with E-state index in [1.165, 1.54) is 4.68 Å². The van der Waals surface area contributed by atoms with Crippen molar-refractivity contribution in [1.82, 2.24) is 20.2 Å². The van der Waals surface area contributed by atoms with Crippen LogP contribution in [-0.4, -0.2) is 34.4 Å². The minimum atomic E-state index is -3.46. The molecule has 0 bridgehead atoms. The SMILES string of the molecule is CC(C)Cn1nnnc1S(=O)(=O)CCc1ccccc1. The van der Waals surface area contributed by atoms with E-state index in [1.54, 1.807) is 0 Å². The largest absolute Gasteiger partial charge is 0.267 e. The lowest BCUT2D eigenvalue weighted by molar-refractivity contribution is 0.438. The zero-order valence-corrected chi connectivity index (χ0v) is 12.4. The van der Waals surface area contributed by atoms with Gasteiger partial charge in [-0.3, -0.25) is 0 Å². The molecule has 20 heavy (non-hydrogen) atoms. The molecule has 1 heterocycles. The van der Waals surface area contributed by atoms with Gasteiger partial charge in [-0.15, -0.1) is 0 Å². The molecule has 0 spiro atoms. The van der Waals surface area contributed by atoms with Crippen molar-refractivity contribution < 1.29 is 8.42 Å². The van der Waals surface area contributed by atoms with Crippen LogP contribution in [0.1, 0.15) is 19.4 Å². The molecule has 108 valence electrons. The van der Waals surface area contributed by atoms with E-state index in [2.05, 4.69) is 15.5 Å². The van der Waals surface area contributed by atoms with Crippen LogP contribution in [0.3, 0.4) is 0 Å². The number of rotatable bonds is 6. The zero-order valence-electron chi connectivity index (χ0n) is 11.6. The Morgan fingerprint density at radius 1 is 1.20 bits per heavy atom. The molecule has 1 aromatic carbocycles. The molecule has 0 aliphatic rings. The quantitative estimate of drug-likeness (QED) is 0.803. The fourth-order valence-electron chi connectivity index (χ4n) is 1.87. The maximum atomic E-state index is 12.3. The Balaban J connectivity index is 2.13. The van der Waals surface area contributed by atoms with E-state index in [0.717, 1.165) is 5.56 Å². The van der Waals surface area contributed by atoms with Gasteiger partial charge in [-0.2, -0.15) is 0 Å². The van der Waals surface area contributed by atoms with Crippen LogP contribution in [0, 0.1) is 5.92 Å². The van der Waals surface area contributed by atoms with Gasteiger partial charge in [-0.25, -0.2) is 13.1 Å². The molecule has 0 aliphatic heterocycles. The molecule has 7 heteroatoms. The zero-order chi connectivity index (χ0) is 14.6. The molecule has 0 atom stereocenters. The number of tetrazole rings is 1. The van der Waals surface area contributed by atoms with Crippen molar-refractivity contribution in [2.75, 3.05) is 5.75 Å². The standard InChI is InChI=1S/C13H18N4O2S/c1-11(2)10-17-13(14-15-16-17)20(18,19)9-8-12-6-4-3-5-7-12/h3-7,11H,8-10H2,1-2H3. The number of benzene rings is 1. The third-order valence-electron chi connectivity index (χ3n) is 2.82. The normalized spacial score (nSPS) is 11.9. The van der Waals surface area contributed by atoms with E-state index >= 15 is 0 Å². The van der Waals surface area contributed by atoms with Gasteiger partial charge in [0.05, 0.1) is 5.75 Å². The van der Waals surface area contributed by atoms with Crippen molar-refractivity contribution in [2.45, 2.75) is 32.0 Å². The maximum absolute atomic E-state index is 12.3. The van der Waals surface area contributed by atoms with Crippen molar-refractivity contribution in [3.63, 3.8) is 0 Å². The van der Waals surface area contributed by atoms with Gasteiger partial charge in [-0.05, 0) is 28.3 Å². The van der Waals surface area contributed by atoms with Crippen LogP contribution < -0.4 is 0 Å². The molecule has 0 unspecified atom stereocenters. The highest BCUT2D eigenvalue weighted by atomic mass is 32.2. The molecule has 0 N–H and O–H groups in total. The summed E-state index contributed by atoms with van der Waals surface area (Å²) in [5.41, 5.74) is 0.985. The Kier molecular flexibility index (Phi) is 4.49. The molecule has 0 amide bonds. The summed E-state index contributed by atoms with van der Waals surface area (Å²) in [4.78, 5) is 0. The summed E-state index contributed by atoms with van der Waals surface area (Å²) in [6, 6.07) is 9.51. The Hall–Kier alpha value is -1.76. The van der Waals surface area contributed by atoms with E-state index in [1.807, 2.05) is 44.2 Å². The second-order valence-electron chi connectivity index (χ2n) is 5.09. The van der Waals surface area contributed by atoms with Crippen LogP contribution in [0.15, 0.2) is 35.5 Å². The number of sulfone groups is 1. The van der Waals surface area contributed by atoms with Crippen LogP contribution in [0.25, 0.3) is 0 Å². The number of aryl methyl sites for hydroxylation is 1. The highest BCUT2D eigenvalue weighted by Gasteiger charge is 2.23. The topological polar surface area (TPSA) is 77.7 Å². The predicted octanol–water partition coefficient (Wildman–Crippen LogP) is 1.35. The smallest absolute Gasteiger partial charge is 0.220 e. The highest BCUT2D eigenvalue weighted by molar-refractivity contribution is 7.91. The van der Waals surface area contributed by atoms with Gasteiger partial charge in [0.2, 0.25) is 9.84 Å². The minimum Gasteiger partial charge on any atom is -0.220 e. The van der Waals surface area contributed by atoms with Crippen LogP contribution in [0.4, 0.5) is 0 Å². The van der Waals surface area contributed by atoms with Gasteiger partial charge in [0.1, 0.15) is 0 Å². The van der Waals surface area contributed by atoms with Crippen molar-refractivity contribution in [2.24, 2.45) is 5.92 Å². The molecule has 6 nitrogen and oxygen atoms in total. The summed E-state index contributed by atoms with van der Waals surface area (Å²) < 4.78 is 26.0. The Labute approximate surface area is 118 Å². The second-order valence-corrected chi connectivity index (χ2v) is 7.09. The molecule has 0 saturated heterocycles. The van der Waals surface area contributed by atoms with Gasteiger partial charge in [0, 0.05) is 6.54 Å². The summed E-state index contributed by atoms with van der Waals surface area (Å²) in [5.74, 6) is 0.289. The van der Waals surface area contributed by atoms with Crippen molar-refractivity contribution in [1.29, 1.82) is 0 Å². The molecule has 0 aliphatic carbocycles. The lowest BCUT2D eigenvalue weighted by Gasteiger charge is -2.07. The number of nitrogens with zero attached hydrogens (tertiary/aromatic N) is 4. The third kappa shape index (κ3) is 3.63.